The molecule has 0 aromatic heterocycles. The Bertz CT molecular complexity index is 453. The summed E-state index contributed by atoms with van der Waals surface area (Å²) in [5, 5.41) is 5.87. The van der Waals surface area contributed by atoms with E-state index in [1.54, 1.807) is 24.3 Å². The van der Waals surface area contributed by atoms with Crippen molar-refractivity contribution >= 4 is 29.1 Å². The van der Waals surface area contributed by atoms with Crippen molar-refractivity contribution in [2.24, 2.45) is 0 Å². The number of benzene rings is 1. The van der Waals surface area contributed by atoms with Gasteiger partial charge in [-0.15, -0.1) is 0 Å². The van der Waals surface area contributed by atoms with Gasteiger partial charge >= 0.3 is 0 Å². The Kier molecular flexibility index (Phi) is 4.73. The number of carbonyl (C=O) groups excluding carboxylic acids is 2. The Hall–Kier alpha value is -1.55. The van der Waals surface area contributed by atoms with E-state index in [-0.39, 0.29) is 23.8 Å². The van der Waals surface area contributed by atoms with Gasteiger partial charge in [-0.05, 0) is 39.0 Å². The van der Waals surface area contributed by atoms with E-state index >= 15 is 0 Å². The van der Waals surface area contributed by atoms with E-state index in [4.69, 9.17) is 11.6 Å². The fraction of sp³-hybridized carbons (Fsp3) is 0.385. The van der Waals surface area contributed by atoms with E-state index in [9.17, 15) is 9.59 Å². The quantitative estimate of drug-likeness (QED) is 0.828. The van der Waals surface area contributed by atoms with Gasteiger partial charge in [-0.3, -0.25) is 9.59 Å². The number of anilines is 1. The van der Waals surface area contributed by atoms with Crippen LogP contribution < -0.4 is 10.6 Å². The zero-order valence-corrected chi connectivity index (χ0v) is 11.5. The summed E-state index contributed by atoms with van der Waals surface area (Å²) in [7, 11) is 0. The van der Waals surface area contributed by atoms with Crippen LogP contribution in [0.1, 0.15) is 27.2 Å². The zero-order valence-electron chi connectivity index (χ0n) is 10.7. The Labute approximate surface area is 112 Å². The molecule has 0 bridgehead atoms. The van der Waals surface area contributed by atoms with E-state index in [0.29, 0.717) is 10.7 Å². The second kappa shape index (κ2) is 5.87. The van der Waals surface area contributed by atoms with Crippen molar-refractivity contribution in [2.45, 2.75) is 32.7 Å². The van der Waals surface area contributed by atoms with Gasteiger partial charge in [0.2, 0.25) is 11.8 Å². The summed E-state index contributed by atoms with van der Waals surface area (Å²) in [5.74, 6) is -0.666. The predicted molar refractivity (Wildman–Crippen MR) is 72.6 cm³/mol. The highest BCUT2D eigenvalue weighted by molar-refractivity contribution is 6.30. The summed E-state index contributed by atoms with van der Waals surface area (Å²) in [6, 6.07) is 6.78. The fourth-order valence-electron chi connectivity index (χ4n) is 1.38. The average molecular weight is 269 g/mol. The van der Waals surface area contributed by atoms with Crippen molar-refractivity contribution < 1.29 is 9.59 Å². The molecule has 0 aliphatic carbocycles. The zero-order chi connectivity index (χ0) is 13.8. The molecule has 0 aliphatic heterocycles. The first kappa shape index (κ1) is 14.5. The van der Waals surface area contributed by atoms with Crippen molar-refractivity contribution in [3.63, 3.8) is 0 Å². The molecule has 2 amide bonds. The van der Waals surface area contributed by atoms with Crippen LogP contribution in [-0.4, -0.2) is 17.4 Å². The highest BCUT2D eigenvalue weighted by atomic mass is 35.5. The SMILES string of the molecule is CC(C)(C)NC(=O)CC(=O)Nc1cccc(Cl)c1. The molecule has 1 aromatic rings. The number of nitrogens with one attached hydrogen (secondary N) is 2. The van der Waals surface area contributed by atoms with E-state index in [2.05, 4.69) is 10.6 Å². The van der Waals surface area contributed by atoms with Gasteiger partial charge in [0.05, 0.1) is 0 Å². The second-order valence-electron chi connectivity index (χ2n) is 5.03. The molecule has 5 heteroatoms. The summed E-state index contributed by atoms with van der Waals surface area (Å²) >= 11 is 5.79. The highest BCUT2D eigenvalue weighted by Gasteiger charge is 2.16. The van der Waals surface area contributed by atoms with E-state index in [0.717, 1.165) is 0 Å². The number of hydrogen-bond donors (Lipinski definition) is 2. The van der Waals surface area contributed by atoms with E-state index in [1.807, 2.05) is 20.8 Å². The molecule has 1 rings (SSSR count). The third-order valence-corrected chi connectivity index (χ3v) is 2.18. The molecule has 98 valence electrons. The molecule has 0 atom stereocenters. The number of amides is 2. The smallest absolute Gasteiger partial charge is 0.233 e. The molecule has 4 nitrogen and oxygen atoms in total. The number of carbonyl (C=O) groups is 2. The standard InChI is InChI=1S/C13H17ClN2O2/c1-13(2,3)16-12(18)8-11(17)15-10-6-4-5-9(14)7-10/h4-7H,8H2,1-3H3,(H,15,17)(H,16,18). The van der Waals surface area contributed by atoms with Gasteiger partial charge in [-0.2, -0.15) is 0 Å². The topological polar surface area (TPSA) is 58.2 Å². The van der Waals surface area contributed by atoms with Crippen LogP contribution in [0.25, 0.3) is 0 Å². The highest BCUT2D eigenvalue weighted by Crippen LogP contribution is 2.14. The molecule has 1 aromatic carbocycles. The Morgan fingerprint density at radius 1 is 1.22 bits per heavy atom. The van der Waals surface area contributed by atoms with Crippen molar-refractivity contribution in [3.8, 4) is 0 Å². The lowest BCUT2D eigenvalue weighted by Crippen LogP contribution is -2.41. The van der Waals surface area contributed by atoms with Gasteiger partial charge in [0.25, 0.3) is 0 Å². The third-order valence-electron chi connectivity index (χ3n) is 1.94. The van der Waals surface area contributed by atoms with Crippen molar-refractivity contribution in [1.29, 1.82) is 0 Å². The lowest BCUT2D eigenvalue weighted by atomic mass is 10.1. The van der Waals surface area contributed by atoms with Crippen LogP contribution >= 0.6 is 11.6 Å². The van der Waals surface area contributed by atoms with Gasteiger partial charge in [-0.1, -0.05) is 17.7 Å². The normalized spacial score (nSPS) is 10.9. The predicted octanol–water partition coefficient (Wildman–Crippen LogP) is 2.58. The largest absolute Gasteiger partial charge is 0.351 e. The summed E-state index contributed by atoms with van der Waals surface area (Å²) < 4.78 is 0. The first-order valence-corrected chi connectivity index (χ1v) is 6.00. The van der Waals surface area contributed by atoms with Crippen molar-refractivity contribution in [1.82, 2.24) is 5.32 Å². The van der Waals surface area contributed by atoms with Crippen LogP contribution in [0.3, 0.4) is 0 Å². The fourth-order valence-corrected chi connectivity index (χ4v) is 1.57. The average Bonchev–Trinajstić information content (AvgIpc) is 2.13. The molecular weight excluding hydrogens is 252 g/mol. The van der Waals surface area contributed by atoms with E-state index < -0.39 is 0 Å². The molecule has 0 aliphatic rings. The minimum absolute atomic E-state index is 0.205. The number of halogens is 1. The Morgan fingerprint density at radius 3 is 2.44 bits per heavy atom. The monoisotopic (exact) mass is 268 g/mol. The molecule has 0 saturated heterocycles. The molecule has 0 fully saturated rings. The lowest BCUT2D eigenvalue weighted by Gasteiger charge is -2.20. The lowest BCUT2D eigenvalue weighted by molar-refractivity contribution is -0.127. The Balaban J connectivity index is 2.50. The first-order valence-electron chi connectivity index (χ1n) is 5.63. The molecular formula is C13H17ClN2O2. The maximum Gasteiger partial charge on any atom is 0.233 e. The summed E-state index contributed by atoms with van der Waals surface area (Å²) in [4.78, 5) is 23.1. The molecule has 0 unspecified atom stereocenters. The Morgan fingerprint density at radius 2 is 1.89 bits per heavy atom. The maximum absolute atomic E-state index is 11.6. The number of rotatable bonds is 3. The van der Waals surface area contributed by atoms with Crippen LogP contribution in [0.5, 0.6) is 0 Å². The molecule has 0 radical (unpaired) electrons. The van der Waals surface area contributed by atoms with E-state index in [1.165, 1.54) is 0 Å². The number of hydrogen-bond acceptors (Lipinski definition) is 2. The molecule has 2 N–H and O–H groups in total. The minimum Gasteiger partial charge on any atom is -0.351 e. The molecule has 0 heterocycles. The molecule has 0 spiro atoms. The van der Waals surface area contributed by atoms with Gasteiger partial charge in [0.1, 0.15) is 6.42 Å². The summed E-state index contributed by atoms with van der Waals surface area (Å²) in [6.45, 7) is 5.58. The first-order chi connectivity index (χ1) is 8.26. The van der Waals surface area contributed by atoms with Crippen molar-refractivity contribution in [2.75, 3.05) is 5.32 Å². The molecule has 18 heavy (non-hydrogen) atoms. The van der Waals surface area contributed by atoms with Crippen LogP contribution in [0.15, 0.2) is 24.3 Å². The summed E-state index contributed by atoms with van der Waals surface area (Å²) in [5.41, 5.74) is 0.240. The third kappa shape index (κ3) is 5.68. The minimum atomic E-state index is -0.362. The van der Waals surface area contributed by atoms with Crippen LogP contribution in [-0.2, 0) is 9.59 Å². The molecule has 0 saturated carbocycles. The van der Waals surface area contributed by atoms with Gasteiger partial charge in [-0.25, -0.2) is 0 Å². The van der Waals surface area contributed by atoms with Gasteiger partial charge in [0.15, 0.2) is 0 Å². The van der Waals surface area contributed by atoms with Gasteiger partial charge in [0, 0.05) is 16.2 Å². The van der Waals surface area contributed by atoms with Crippen molar-refractivity contribution in [3.05, 3.63) is 29.3 Å². The van der Waals surface area contributed by atoms with Crippen LogP contribution in [0.4, 0.5) is 5.69 Å². The van der Waals surface area contributed by atoms with Crippen LogP contribution in [0.2, 0.25) is 5.02 Å². The summed E-state index contributed by atoms with van der Waals surface area (Å²) in [6.07, 6.45) is -0.205. The van der Waals surface area contributed by atoms with Gasteiger partial charge < -0.3 is 10.6 Å². The van der Waals surface area contributed by atoms with Crippen LogP contribution in [0, 0.1) is 0 Å². The second-order valence-corrected chi connectivity index (χ2v) is 5.47. The maximum atomic E-state index is 11.6.